The van der Waals surface area contributed by atoms with Gasteiger partial charge in [-0.3, -0.25) is 4.98 Å². The largest absolute Gasteiger partial charge is 0.486 e. The standard InChI is InChI=1S/C27H25N3O3/c1-4-24-22-17-20(23-13-9-10-16-28-23)14-15-21(22)26(33-18-19-11-7-6-8-12-19)25(27(31)32-3)30(24)29-5-2/h4-17H,18H2,1-3H3/b24-4+,29-5-. The van der Waals surface area contributed by atoms with Gasteiger partial charge in [0.15, 0.2) is 11.5 Å². The third-order valence-corrected chi connectivity index (χ3v) is 5.26. The minimum atomic E-state index is -0.525. The Bertz CT molecular complexity index is 1230. The molecule has 0 radical (unpaired) electrons. The summed E-state index contributed by atoms with van der Waals surface area (Å²) in [7, 11) is 1.35. The number of rotatable bonds is 6. The number of pyridine rings is 1. The molecule has 0 spiro atoms. The number of ether oxygens (including phenoxy) is 2. The molecule has 1 aliphatic rings. The molecule has 6 nitrogen and oxygen atoms in total. The number of fused-ring (bicyclic) bond motifs is 1. The quantitative estimate of drug-likeness (QED) is 0.375. The van der Waals surface area contributed by atoms with E-state index in [1.165, 1.54) is 7.11 Å². The van der Waals surface area contributed by atoms with Gasteiger partial charge in [-0.15, -0.1) is 0 Å². The summed E-state index contributed by atoms with van der Waals surface area (Å²) in [6.45, 7) is 4.01. The summed E-state index contributed by atoms with van der Waals surface area (Å²) in [5, 5.41) is 6.06. The third-order valence-electron chi connectivity index (χ3n) is 5.26. The number of allylic oxidation sites excluding steroid dienone is 1. The Balaban J connectivity index is 1.90. The van der Waals surface area contributed by atoms with Gasteiger partial charge >= 0.3 is 5.97 Å². The van der Waals surface area contributed by atoms with E-state index in [0.717, 1.165) is 33.6 Å². The number of methoxy groups -OCH3 is 1. The van der Waals surface area contributed by atoms with Crippen molar-refractivity contribution in [2.75, 3.05) is 7.11 Å². The van der Waals surface area contributed by atoms with Crippen LogP contribution in [0.25, 0.3) is 22.7 Å². The van der Waals surface area contributed by atoms with E-state index in [-0.39, 0.29) is 5.70 Å². The highest BCUT2D eigenvalue weighted by molar-refractivity contribution is 6.01. The molecule has 166 valence electrons. The van der Waals surface area contributed by atoms with Crippen molar-refractivity contribution in [2.45, 2.75) is 20.5 Å². The highest BCUT2D eigenvalue weighted by Crippen LogP contribution is 2.41. The first-order valence-electron chi connectivity index (χ1n) is 10.7. The van der Waals surface area contributed by atoms with Crippen molar-refractivity contribution in [3.05, 3.63) is 101 Å². The van der Waals surface area contributed by atoms with Crippen molar-refractivity contribution in [3.63, 3.8) is 0 Å². The molecule has 2 aromatic carbocycles. The van der Waals surface area contributed by atoms with Crippen LogP contribution in [-0.2, 0) is 20.9 Å². The maximum absolute atomic E-state index is 12.9. The molecule has 0 unspecified atom stereocenters. The zero-order valence-corrected chi connectivity index (χ0v) is 18.9. The summed E-state index contributed by atoms with van der Waals surface area (Å²) >= 11 is 0. The van der Waals surface area contributed by atoms with Crippen LogP contribution >= 0.6 is 0 Å². The van der Waals surface area contributed by atoms with Gasteiger partial charge in [0.05, 0.1) is 18.5 Å². The third kappa shape index (κ3) is 4.41. The summed E-state index contributed by atoms with van der Waals surface area (Å²) in [6.07, 6.45) is 5.32. The first kappa shape index (κ1) is 22.0. The number of benzene rings is 2. The SMILES string of the molecule is C/C=N\N1C(C(=O)OC)=C(OCc2ccccc2)c2ccc(-c3ccccn3)cc2/C1=C\C. The Morgan fingerprint density at radius 3 is 2.48 bits per heavy atom. The molecule has 0 N–H and O–H groups in total. The van der Waals surface area contributed by atoms with Crippen LogP contribution in [0.15, 0.2) is 89.8 Å². The van der Waals surface area contributed by atoms with Gasteiger partial charge < -0.3 is 9.47 Å². The molecule has 0 amide bonds. The molecule has 33 heavy (non-hydrogen) atoms. The second-order valence-corrected chi connectivity index (χ2v) is 7.28. The van der Waals surface area contributed by atoms with Crippen molar-refractivity contribution in [1.29, 1.82) is 0 Å². The number of carbonyl (C=O) groups is 1. The lowest BCUT2D eigenvalue weighted by Crippen LogP contribution is -2.29. The molecule has 6 heteroatoms. The molecule has 1 aliphatic heterocycles. The maximum atomic E-state index is 12.9. The molecule has 0 bridgehead atoms. The zero-order chi connectivity index (χ0) is 23.2. The van der Waals surface area contributed by atoms with E-state index in [4.69, 9.17) is 9.47 Å². The first-order valence-corrected chi connectivity index (χ1v) is 10.7. The lowest BCUT2D eigenvalue weighted by Gasteiger charge is -2.32. The predicted molar refractivity (Wildman–Crippen MR) is 129 cm³/mol. The highest BCUT2D eigenvalue weighted by atomic mass is 16.5. The van der Waals surface area contributed by atoms with Crippen molar-refractivity contribution in [3.8, 4) is 11.3 Å². The Morgan fingerprint density at radius 2 is 1.82 bits per heavy atom. The Labute approximate surface area is 193 Å². The Morgan fingerprint density at radius 1 is 1.03 bits per heavy atom. The molecule has 0 atom stereocenters. The van der Waals surface area contributed by atoms with E-state index < -0.39 is 5.97 Å². The maximum Gasteiger partial charge on any atom is 0.360 e. The van der Waals surface area contributed by atoms with Gasteiger partial charge in [0.2, 0.25) is 0 Å². The van der Waals surface area contributed by atoms with Crippen molar-refractivity contribution in [1.82, 2.24) is 9.99 Å². The van der Waals surface area contributed by atoms with E-state index in [9.17, 15) is 4.79 Å². The monoisotopic (exact) mass is 439 g/mol. The molecular formula is C27H25N3O3. The minimum Gasteiger partial charge on any atom is -0.486 e. The Hall–Kier alpha value is -4.19. The second kappa shape index (κ2) is 9.96. The number of esters is 1. The topological polar surface area (TPSA) is 64.0 Å². The molecule has 0 saturated carbocycles. The van der Waals surface area contributed by atoms with Crippen molar-refractivity contribution in [2.24, 2.45) is 5.10 Å². The molecule has 2 heterocycles. The molecule has 0 fully saturated rings. The van der Waals surface area contributed by atoms with Crippen molar-refractivity contribution >= 4 is 23.6 Å². The molecule has 0 saturated heterocycles. The number of hydrogen-bond acceptors (Lipinski definition) is 6. The number of hydrogen-bond donors (Lipinski definition) is 0. The van der Waals surface area contributed by atoms with Gasteiger partial charge in [-0.1, -0.05) is 48.5 Å². The van der Waals surface area contributed by atoms with Crippen molar-refractivity contribution < 1.29 is 14.3 Å². The van der Waals surface area contributed by atoms with Crippen LogP contribution in [0.2, 0.25) is 0 Å². The lowest BCUT2D eigenvalue weighted by atomic mass is 9.93. The number of hydrazone groups is 1. The van der Waals surface area contributed by atoms with Crippen LogP contribution < -0.4 is 0 Å². The van der Waals surface area contributed by atoms with Crippen LogP contribution in [0.4, 0.5) is 0 Å². The average Bonchev–Trinajstić information content (AvgIpc) is 2.87. The minimum absolute atomic E-state index is 0.234. The second-order valence-electron chi connectivity index (χ2n) is 7.28. The Kier molecular flexibility index (Phi) is 6.64. The summed E-state index contributed by atoms with van der Waals surface area (Å²) < 4.78 is 11.4. The summed E-state index contributed by atoms with van der Waals surface area (Å²) in [6, 6.07) is 21.6. The number of carbonyl (C=O) groups excluding carboxylic acids is 1. The van der Waals surface area contributed by atoms with E-state index in [1.807, 2.05) is 79.7 Å². The van der Waals surface area contributed by atoms with E-state index in [1.54, 1.807) is 24.3 Å². The van der Waals surface area contributed by atoms with Gasteiger partial charge in [0, 0.05) is 29.1 Å². The van der Waals surface area contributed by atoms with Crippen LogP contribution in [0.1, 0.15) is 30.5 Å². The fourth-order valence-corrected chi connectivity index (χ4v) is 3.77. The fourth-order valence-electron chi connectivity index (χ4n) is 3.77. The summed E-state index contributed by atoms with van der Waals surface area (Å²) in [5.41, 5.74) is 5.48. The summed E-state index contributed by atoms with van der Waals surface area (Å²) in [5.74, 6) is -0.105. The number of aromatic nitrogens is 1. The smallest absolute Gasteiger partial charge is 0.360 e. The molecule has 1 aromatic heterocycles. The number of nitrogens with zero attached hydrogens (tertiary/aromatic N) is 3. The van der Waals surface area contributed by atoms with E-state index >= 15 is 0 Å². The summed E-state index contributed by atoms with van der Waals surface area (Å²) in [4.78, 5) is 17.4. The van der Waals surface area contributed by atoms with Gasteiger partial charge in [0.1, 0.15) is 6.61 Å². The molecular weight excluding hydrogens is 414 g/mol. The predicted octanol–water partition coefficient (Wildman–Crippen LogP) is 5.49. The van der Waals surface area contributed by atoms with Crippen LogP contribution in [0, 0.1) is 0 Å². The lowest BCUT2D eigenvalue weighted by molar-refractivity contribution is -0.137. The van der Waals surface area contributed by atoms with Gasteiger partial charge in [0.25, 0.3) is 0 Å². The zero-order valence-electron chi connectivity index (χ0n) is 18.9. The van der Waals surface area contributed by atoms with Crippen LogP contribution in [0.3, 0.4) is 0 Å². The van der Waals surface area contributed by atoms with Gasteiger partial charge in [-0.05, 0) is 43.7 Å². The van der Waals surface area contributed by atoms with E-state index in [0.29, 0.717) is 12.4 Å². The highest BCUT2D eigenvalue weighted by Gasteiger charge is 2.35. The van der Waals surface area contributed by atoms with Gasteiger partial charge in [-0.2, -0.15) is 5.10 Å². The normalized spacial score (nSPS) is 14.5. The first-order chi connectivity index (χ1) is 16.2. The average molecular weight is 440 g/mol. The fraction of sp³-hybridized carbons (Fsp3) is 0.148. The van der Waals surface area contributed by atoms with Crippen LogP contribution in [0.5, 0.6) is 0 Å². The van der Waals surface area contributed by atoms with E-state index in [2.05, 4.69) is 10.1 Å². The molecule has 4 rings (SSSR count). The van der Waals surface area contributed by atoms with Crippen LogP contribution in [-0.4, -0.2) is 29.3 Å². The molecule has 0 aliphatic carbocycles. The molecule has 3 aromatic rings. The van der Waals surface area contributed by atoms with Gasteiger partial charge in [-0.25, -0.2) is 9.80 Å².